The minimum absolute atomic E-state index is 1.09. The number of hydrogen-bond donors (Lipinski definition) is 0. The van der Waals surface area contributed by atoms with E-state index in [-0.39, 0.29) is 0 Å². The minimum atomic E-state index is 1.09. The summed E-state index contributed by atoms with van der Waals surface area (Å²) in [5.74, 6) is 0. The highest BCUT2D eigenvalue weighted by atomic mass is 15.1. The quantitative estimate of drug-likeness (QED) is 0.133. The Kier molecular flexibility index (Phi) is 10.6. The monoisotopic (exact) mass is 866 g/mol. The van der Waals surface area contributed by atoms with Crippen LogP contribution >= 0.6 is 0 Å². The lowest BCUT2D eigenvalue weighted by atomic mass is 9.95. The van der Waals surface area contributed by atoms with Gasteiger partial charge in [-0.2, -0.15) is 0 Å². The molecule has 1 heterocycles. The van der Waals surface area contributed by atoms with E-state index in [1.54, 1.807) is 0 Å². The molecule has 0 radical (unpaired) electrons. The summed E-state index contributed by atoms with van der Waals surface area (Å²) in [5.41, 5.74) is 20.9. The predicted octanol–water partition coefficient (Wildman–Crippen LogP) is 18.3. The Bertz CT molecular complexity index is 3720. The van der Waals surface area contributed by atoms with Crippen molar-refractivity contribution >= 4 is 38.9 Å². The maximum atomic E-state index is 2.45. The number of rotatable bonds is 10. The zero-order valence-corrected chi connectivity index (χ0v) is 37.5. The first kappa shape index (κ1) is 40.5. The summed E-state index contributed by atoms with van der Waals surface area (Å²) in [5, 5.41) is 2.42. The Morgan fingerprint density at radius 2 is 0.662 bits per heavy atom. The molecule has 0 saturated carbocycles. The van der Waals surface area contributed by atoms with Gasteiger partial charge in [-0.3, -0.25) is 0 Å². The highest BCUT2D eigenvalue weighted by molar-refractivity contribution is 6.11. The van der Waals surface area contributed by atoms with Crippen molar-refractivity contribution in [2.24, 2.45) is 0 Å². The summed E-state index contributed by atoms with van der Waals surface area (Å²) in [6.45, 7) is 0. The van der Waals surface area contributed by atoms with Gasteiger partial charge in [0.2, 0.25) is 0 Å². The van der Waals surface area contributed by atoms with Crippen LogP contribution in [0.1, 0.15) is 0 Å². The minimum Gasteiger partial charge on any atom is -0.310 e. The molecule has 0 amide bonds. The Morgan fingerprint density at radius 1 is 0.235 bits per heavy atom. The van der Waals surface area contributed by atoms with E-state index < -0.39 is 0 Å². The molecule has 0 aliphatic carbocycles. The van der Waals surface area contributed by atoms with Gasteiger partial charge in [0.05, 0.1) is 16.7 Å². The molecule has 320 valence electrons. The number of hydrogen-bond acceptors (Lipinski definition) is 1. The van der Waals surface area contributed by atoms with E-state index >= 15 is 0 Å². The van der Waals surface area contributed by atoms with Gasteiger partial charge < -0.3 is 9.47 Å². The number of aromatic nitrogens is 1. The third-order valence-electron chi connectivity index (χ3n) is 13.1. The normalized spacial score (nSPS) is 11.2. The average Bonchev–Trinajstić information content (AvgIpc) is 3.76. The van der Waals surface area contributed by atoms with E-state index in [2.05, 4.69) is 289 Å². The molecule has 0 N–H and O–H groups in total. The van der Waals surface area contributed by atoms with Gasteiger partial charge in [-0.25, -0.2) is 0 Å². The van der Waals surface area contributed by atoms with E-state index in [0.29, 0.717) is 0 Å². The lowest BCUT2D eigenvalue weighted by Gasteiger charge is -2.28. The molecule has 0 atom stereocenters. The van der Waals surface area contributed by atoms with Gasteiger partial charge in [-0.15, -0.1) is 0 Å². The van der Waals surface area contributed by atoms with E-state index in [4.69, 9.17) is 0 Å². The van der Waals surface area contributed by atoms with Crippen molar-refractivity contribution in [2.75, 3.05) is 4.90 Å². The topological polar surface area (TPSA) is 8.17 Å². The van der Waals surface area contributed by atoms with E-state index in [9.17, 15) is 0 Å². The van der Waals surface area contributed by atoms with Gasteiger partial charge in [0.25, 0.3) is 0 Å². The fraction of sp³-hybridized carbons (Fsp3) is 0. The van der Waals surface area contributed by atoms with Crippen molar-refractivity contribution in [3.05, 3.63) is 279 Å². The highest BCUT2D eigenvalue weighted by Gasteiger charge is 2.20. The maximum Gasteiger partial charge on any atom is 0.0541 e. The second-order valence-electron chi connectivity index (χ2n) is 17.4. The molecule has 2 heteroatoms. The summed E-state index contributed by atoms with van der Waals surface area (Å²) in [7, 11) is 0. The molecule has 0 unspecified atom stereocenters. The predicted molar refractivity (Wildman–Crippen MR) is 288 cm³/mol. The molecule has 0 bridgehead atoms. The van der Waals surface area contributed by atoms with Gasteiger partial charge in [-0.05, 0) is 140 Å². The fourth-order valence-corrected chi connectivity index (χ4v) is 9.88. The van der Waals surface area contributed by atoms with Gasteiger partial charge in [0.1, 0.15) is 0 Å². The lowest BCUT2D eigenvalue weighted by Crippen LogP contribution is -2.11. The molecule has 0 aliphatic heterocycles. The Labute approximate surface area is 397 Å². The second-order valence-corrected chi connectivity index (χ2v) is 17.4. The van der Waals surface area contributed by atoms with Crippen molar-refractivity contribution in [1.82, 2.24) is 4.57 Å². The average molecular weight is 867 g/mol. The Balaban J connectivity index is 0.994. The first-order valence-corrected chi connectivity index (χ1v) is 23.3. The zero-order chi connectivity index (χ0) is 45.2. The van der Waals surface area contributed by atoms with Crippen LogP contribution in [0.25, 0.3) is 94.3 Å². The van der Waals surface area contributed by atoms with Crippen LogP contribution in [0.5, 0.6) is 0 Å². The molecule has 0 fully saturated rings. The van der Waals surface area contributed by atoms with E-state index in [1.165, 1.54) is 66.4 Å². The van der Waals surface area contributed by atoms with Gasteiger partial charge in [-0.1, -0.05) is 200 Å². The first-order chi connectivity index (χ1) is 33.7. The molecular weight excluding hydrogens is 821 g/mol. The van der Waals surface area contributed by atoms with Gasteiger partial charge in [0.15, 0.2) is 0 Å². The van der Waals surface area contributed by atoms with E-state index in [0.717, 1.165) is 45.0 Å². The van der Waals surface area contributed by atoms with Crippen molar-refractivity contribution in [3.8, 4) is 72.4 Å². The largest absolute Gasteiger partial charge is 0.310 e. The van der Waals surface area contributed by atoms with Crippen LogP contribution in [0.3, 0.4) is 0 Å². The zero-order valence-electron chi connectivity index (χ0n) is 37.5. The van der Waals surface area contributed by atoms with E-state index in [1.807, 2.05) is 0 Å². The highest BCUT2D eigenvalue weighted by Crippen LogP contribution is 2.44. The van der Waals surface area contributed by atoms with Crippen LogP contribution in [-0.2, 0) is 0 Å². The summed E-state index contributed by atoms with van der Waals surface area (Å²) in [6.07, 6.45) is 0. The molecule has 0 aliphatic rings. The van der Waals surface area contributed by atoms with Crippen molar-refractivity contribution < 1.29 is 0 Å². The van der Waals surface area contributed by atoms with Crippen molar-refractivity contribution in [2.45, 2.75) is 0 Å². The second kappa shape index (κ2) is 17.8. The first-order valence-electron chi connectivity index (χ1n) is 23.3. The van der Waals surface area contributed by atoms with Crippen molar-refractivity contribution in [1.29, 1.82) is 0 Å². The summed E-state index contributed by atoms with van der Waals surface area (Å²) in [4.78, 5) is 2.40. The molecule has 12 rings (SSSR count). The standard InChI is InChI=1S/C66H46N2/c1-5-20-47(21-6-1)50-26-17-28-52(40-50)54-30-19-33-59(43-54)67(58-31-11-4-12-32-58)64-36-15-13-34-61(64)55-38-39-66-63(46-55)62-35-14-16-37-65(62)68(66)60-44-56(49-24-9-3-10-25-49)42-57(45-60)53-29-18-27-51(41-53)48-22-7-2-8-23-48/h1-46H. The van der Waals surface area contributed by atoms with Crippen LogP contribution in [-0.4, -0.2) is 4.57 Å². The molecule has 12 aromatic rings. The van der Waals surface area contributed by atoms with Crippen LogP contribution in [0.4, 0.5) is 17.1 Å². The number of para-hydroxylation sites is 3. The summed E-state index contributed by atoms with van der Waals surface area (Å²) >= 11 is 0. The number of fused-ring (bicyclic) bond motifs is 3. The van der Waals surface area contributed by atoms with Crippen LogP contribution in [0.2, 0.25) is 0 Å². The molecule has 0 spiro atoms. The fourth-order valence-electron chi connectivity index (χ4n) is 9.88. The van der Waals surface area contributed by atoms with Crippen LogP contribution < -0.4 is 4.90 Å². The number of anilines is 3. The van der Waals surface area contributed by atoms with Crippen LogP contribution in [0, 0.1) is 0 Å². The Morgan fingerprint density at radius 3 is 1.31 bits per heavy atom. The molecular formula is C66H46N2. The Hall–Kier alpha value is -8.98. The number of nitrogens with zero attached hydrogens (tertiary/aromatic N) is 2. The third-order valence-corrected chi connectivity index (χ3v) is 13.1. The molecule has 1 aromatic heterocycles. The van der Waals surface area contributed by atoms with Gasteiger partial charge in [0, 0.05) is 33.4 Å². The third kappa shape index (κ3) is 7.74. The van der Waals surface area contributed by atoms with Crippen molar-refractivity contribution in [3.63, 3.8) is 0 Å². The molecule has 0 saturated heterocycles. The smallest absolute Gasteiger partial charge is 0.0541 e. The summed E-state index contributed by atoms with van der Waals surface area (Å²) < 4.78 is 2.45. The van der Waals surface area contributed by atoms with Crippen LogP contribution in [0.15, 0.2) is 279 Å². The SMILES string of the molecule is c1ccc(-c2cccc(-c3cccc(N(c4ccccc4)c4ccccc4-c4ccc5c(c4)c4ccccc4n5-c4cc(-c5ccccc5)cc(-c5cccc(-c6ccccc6)c5)c4)c3)c2)cc1. The number of benzene rings is 11. The summed E-state index contributed by atoms with van der Waals surface area (Å²) in [6, 6.07) is 101. The maximum absolute atomic E-state index is 2.45. The molecule has 11 aromatic carbocycles. The van der Waals surface area contributed by atoms with Gasteiger partial charge >= 0.3 is 0 Å². The molecule has 2 nitrogen and oxygen atoms in total. The molecule has 68 heavy (non-hydrogen) atoms. The lowest BCUT2D eigenvalue weighted by molar-refractivity contribution is 1.18.